The first-order chi connectivity index (χ1) is 7.17. The fourth-order valence-electron chi connectivity index (χ4n) is 1.01. The van der Waals surface area contributed by atoms with Crippen LogP contribution >= 0.6 is 0 Å². The van der Waals surface area contributed by atoms with Crippen molar-refractivity contribution in [3.05, 3.63) is 0 Å². The van der Waals surface area contributed by atoms with Crippen molar-refractivity contribution in [2.75, 3.05) is 0 Å². The molecular formula is C9H16O8. The largest absolute Gasteiger partial charge is 0.481 e. The molecule has 0 aliphatic carbocycles. The topological polar surface area (TPSA) is 153 Å². The molecule has 8 heteroatoms. The van der Waals surface area contributed by atoms with E-state index in [4.69, 9.17) is 10.2 Å². The summed E-state index contributed by atoms with van der Waals surface area (Å²) in [7, 11) is 0. The molecule has 0 aliphatic rings. The second kappa shape index (κ2) is 6.81. The van der Waals surface area contributed by atoms with E-state index < -0.39 is 42.5 Å². The number of aliphatic carboxylic acids is 2. The van der Waals surface area contributed by atoms with Gasteiger partial charge in [-0.3, -0.25) is 9.59 Å². The summed E-state index contributed by atoms with van der Waals surface area (Å²) in [6.07, 6.45) is -2.42. The first kappa shape index (κ1) is 17.7. The predicted molar refractivity (Wildman–Crippen MR) is 54.3 cm³/mol. The molecule has 0 amide bonds. The third-order valence-corrected chi connectivity index (χ3v) is 1.65. The Bertz CT molecular complexity index is 297. The molecule has 0 saturated heterocycles. The molecular weight excluding hydrogens is 236 g/mol. The van der Waals surface area contributed by atoms with Gasteiger partial charge in [0.2, 0.25) is 0 Å². The number of hydrogen-bond donors (Lipinski definition) is 3. The van der Waals surface area contributed by atoms with Crippen molar-refractivity contribution in [3.8, 4) is 0 Å². The molecule has 0 aliphatic heterocycles. The predicted octanol–water partition coefficient (Wildman–Crippen LogP) is -1.21. The molecule has 5 N–H and O–H groups in total. The maximum atomic E-state index is 11.1. The molecule has 0 saturated carbocycles. The van der Waals surface area contributed by atoms with Gasteiger partial charge in [0.15, 0.2) is 5.60 Å². The molecule has 8 nitrogen and oxygen atoms in total. The van der Waals surface area contributed by atoms with E-state index in [1.807, 2.05) is 0 Å². The van der Waals surface area contributed by atoms with Gasteiger partial charge in [-0.15, -0.1) is 0 Å². The highest BCUT2D eigenvalue weighted by Gasteiger charge is 2.41. The van der Waals surface area contributed by atoms with Crippen molar-refractivity contribution in [1.29, 1.82) is 0 Å². The second-order valence-electron chi connectivity index (χ2n) is 3.62. The molecule has 1 unspecified atom stereocenters. The summed E-state index contributed by atoms with van der Waals surface area (Å²) in [5.41, 5.74) is -2.63. The lowest BCUT2D eigenvalue weighted by atomic mass is 9.96. The minimum absolute atomic E-state index is 0. The van der Waals surface area contributed by atoms with Gasteiger partial charge in [-0.2, -0.15) is 0 Å². The minimum atomic E-state index is -2.63. The van der Waals surface area contributed by atoms with E-state index in [0.29, 0.717) is 0 Å². The van der Waals surface area contributed by atoms with Gasteiger partial charge in [-0.1, -0.05) is 0 Å². The van der Waals surface area contributed by atoms with Crippen molar-refractivity contribution < 1.29 is 39.9 Å². The number of esters is 1. The third kappa shape index (κ3) is 6.48. The Kier molecular flexibility index (Phi) is 7.10. The van der Waals surface area contributed by atoms with Gasteiger partial charge >= 0.3 is 17.9 Å². The molecule has 100 valence electrons. The number of hydrogen-bond acceptors (Lipinski definition) is 5. The van der Waals surface area contributed by atoms with Crippen LogP contribution in [-0.4, -0.2) is 50.4 Å². The van der Waals surface area contributed by atoms with Crippen LogP contribution in [0.4, 0.5) is 0 Å². The van der Waals surface area contributed by atoms with Gasteiger partial charge in [0.1, 0.15) is 0 Å². The van der Waals surface area contributed by atoms with E-state index in [1.165, 1.54) is 0 Å². The van der Waals surface area contributed by atoms with Gasteiger partial charge < -0.3 is 25.5 Å². The second-order valence-corrected chi connectivity index (χ2v) is 3.62. The molecule has 0 aromatic heterocycles. The Balaban J connectivity index is 0. The van der Waals surface area contributed by atoms with Crippen molar-refractivity contribution in [1.82, 2.24) is 0 Å². The van der Waals surface area contributed by atoms with Crippen LogP contribution in [0, 0.1) is 0 Å². The molecule has 0 fully saturated rings. The molecule has 1 atom stereocenters. The van der Waals surface area contributed by atoms with Gasteiger partial charge in [0, 0.05) is 0 Å². The zero-order valence-electron chi connectivity index (χ0n) is 9.47. The summed E-state index contributed by atoms with van der Waals surface area (Å²) >= 11 is 0. The van der Waals surface area contributed by atoms with Crippen molar-refractivity contribution >= 4 is 17.9 Å². The van der Waals surface area contributed by atoms with Crippen LogP contribution in [-0.2, 0) is 19.1 Å². The fraction of sp³-hybridized carbons (Fsp3) is 0.667. The lowest BCUT2D eigenvalue weighted by Gasteiger charge is -2.20. The third-order valence-electron chi connectivity index (χ3n) is 1.65. The molecule has 0 radical (unpaired) electrons. The summed E-state index contributed by atoms with van der Waals surface area (Å²) in [5, 5.41) is 26.5. The Labute approximate surface area is 97.1 Å². The summed E-state index contributed by atoms with van der Waals surface area (Å²) < 4.78 is 4.62. The summed E-state index contributed by atoms with van der Waals surface area (Å²) in [4.78, 5) is 32.1. The van der Waals surface area contributed by atoms with Crippen LogP contribution in [0.3, 0.4) is 0 Å². The number of aliphatic hydroxyl groups is 1. The molecule has 0 aromatic carbocycles. The van der Waals surface area contributed by atoms with E-state index in [0.717, 1.165) is 0 Å². The average molecular weight is 252 g/mol. The number of carbonyl (C=O) groups excluding carboxylic acids is 1. The quantitative estimate of drug-likeness (QED) is 0.501. The maximum absolute atomic E-state index is 11.1. The van der Waals surface area contributed by atoms with Crippen molar-refractivity contribution in [2.45, 2.75) is 38.4 Å². The van der Waals surface area contributed by atoms with E-state index in [9.17, 15) is 19.5 Å². The van der Waals surface area contributed by atoms with Crippen LogP contribution in [0.25, 0.3) is 0 Å². The van der Waals surface area contributed by atoms with E-state index in [1.54, 1.807) is 13.8 Å². The molecule has 0 spiro atoms. The molecule has 0 bridgehead atoms. The Hall–Kier alpha value is -1.67. The first-order valence-electron chi connectivity index (χ1n) is 4.54. The molecule has 0 aromatic rings. The monoisotopic (exact) mass is 252 g/mol. The number of carboxylic acid groups (broad SMARTS) is 2. The number of carbonyl (C=O) groups is 3. The Morgan fingerprint density at radius 1 is 1.18 bits per heavy atom. The highest BCUT2D eigenvalue weighted by molar-refractivity contribution is 5.88. The van der Waals surface area contributed by atoms with Crippen LogP contribution < -0.4 is 0 Å². The molecule has 0 rings (SSSR count). The van der Waals surface area contributed by atoms with Crippen molar-refractivity contribution in [2.24, 2.45) is 0 Å². The smallest absolute Gasteiger partial charge is 0.336 e. The number of ether oxygens (including phenoxy) is 1. The Morgan fingerprint density at radius 2 is 1.65 bits per heavy atom. The van der Waals surface area contributed by atoms with Gasteiger partial charge in [0.05, 0.1) is 18.9 Å². The highest BCUT2D eigenvalue weighted by atomic mass is 16.5. The lowest BCUT2D eigenvalue weighted by Crippen LogP contribution is -2.43. The van der Waals surface area contributed by atoms with Crippen LogP contribution in [0.15, 0.2) is 0 Å². The van der Waals surface area contributed by atoms with Gasteiger partial charge in [-0.05, 0) is 13.8 Å². The fourth-order valence-corrected chi connectivity index (χ4v) is 1.01. The first-order valence-corrected chi connectivity index (χ1v) is 4.54. The lowest BCUT2D eigenvalue weighted by molar-refractivity contribution is -0.173. The average Bonchev–Trinajstić information content (AvgIpc) is 1.98. The van der Waals surface area contributed by atoms with Crippen LogP contribution in [0.1, 0.15) is 26.7 Å². The molecule has 17 heavy (non-hydrogen) atoms. The minimum Gasteiger partial charge on any atom is -0.481 e. The summed E-state index contributed by atoms with van der Waals surface area (Å²) in [6, 6.07) is 0. The SMILES string of the molecule is CC(C)OC(=O)CC(O)(CC(=O)O)C(=O)O.O. The summed E-state index contributed by atoms with van der Waals surface area (Å²) in [5.74, 6) is -4.24. The highest BCUT2D eigenvalue weighted by Crippen LogP contribution is 2.17. The standard InChI is InChI=1S/C9H14O7.H2O/c1-5(2)16-7(12)4-9(15,8(13)14)3-6(10)11;/h5,15H,3-4H2,1-2H3,(H,10,11)(H,13,14);1H2. The van der Waals surface area contributed by atoms with E-state index in [-0.39, 0.29) is 5.48 Å². The van der Waals surface area contributed by atoms with E-state index in [2.05, 4.69) is 4.74 Å². The van der Waals surface area contributed by atoms with Gasteiger partial charge in [-0.25, -0.2) is 4.79 Å². The number of carboxylic acids is 2. The van der Waals surface area contributed by atoms with E-state index >= 15 is 0 Å². The van der Waals surface area contributed by atoms with Crippen LogP contribution in [0.5, 0.6) is 0 Å². The van der Waals surface area contributed by atoms with Crippen molar-refractivity contribution in [3.63, 3.8) is 0 Å². The molecule has 0 heterocycles. The number of rotatable bonds is 6. The van der Waals surface area contributed by atoms with Crippen LogP contribution in [0.2, 0.25) is 0 Å². The zero-order chi connectivity index (χ0) is 12.9. The maximum Gasteiger partial charge on any atom is 0.336 e. The normalized spacial score (nSPS) is 13.4. The summed E-state index contributed by atoms with van der Waals surface area (Å²) in [6.45, 7) is 3.10. The Morgan fingerprint density at radius 3 is 1.94 bits per heavy atom. The van der Waals surface area contributed by atoms with Gasteiger partial charge in [0.25, 0.3) is 0 Å². The zero-order valence-corrected chi connectivity index (χ0v) is 9.47.